The zero-order valence-corrected chi connectivity index (χ0v) is 13.5. The van der Waals surface area contributed by atoms with Crippen LogP contribution in [0, 0.1) is 5.82 Å². The normalized spacial score (nSPS) is 11.7. The molecule has 0 saturated carbocycles. The maximum atomic E-state index is 13.0. The monoisotopic (exact) mass is 317 g/mol. The molecule has 2 aromatic carbocycles. The number of amides is 1. The molecule has 4 nitrogen and oxygen atoms in total. The van der Waals surface area contributed by atoms with E-state index in [-0.39, 0.29) is 24.4 Å². The van der Waals surface area contributed by atoms with Crippen LogP contribution >= 0.6 is 0 Å². The van der Waals surface area contributed by atoms with Crippen molar-refractivity contribution in [3.8, 4) is 11.5 Å². The molecule has 0 saturated heterocycles. The number of likely N-dealkylation sites (N-methyl/N-ethyl adjacent to an activating group) is 1. The molecule has 0 aliphatic rings. The molecular formula is C18H20FNO3. The molecular weight excluding hydrogens is 297 g/mol. The van der Waals surface area contributed by atoms with Crippen LogP contribution in [0.3, 0.4) is 0 Å². The Morgan fingerprint density at radius 2 is 1.65 bits per heavy atom. The number of hydrogen-bond donors (Lipinski definition) is 0. The molecule has 1 atom stereocenters. The number of carbonyl (C=O) groups excluding carboxylic acids is 1. The van der Waals surface area contributed by atoms with E-state index in [9.17, 15) is 9.18 Å². The lowest BCUT2D eigenvalue weighted by molar-refractivity contribution is -0.134. The highest BCUT2D eigenvalue weighted by Gasteiger charge is 2.17. The number of benzene rings is 2. The van der Waals surface area contributed by atoms with Crippen LogP contribution in [0.4, 0.5) is 4.39 Å². The van der Waals surface area contributed by atoms with Gasteiger partial charge < -0.3 is 14.4 Å². The van der Waals surface area contributed by atoms with Gasteiger partial charge in [-0.05, 0) is 48.9 Å². The predicted molar refractivity (Wildman–Crippen MR) is 86.1 cm³/mol. The molecule has 122 valence electrons. The fourth-order valence-electron chi connectivity index (χ4n) is 2.10. The van der Waals surface area contributed by atoms with Crippen molar-refractivity contribution < 1.29 is 18.7 Å². The third-order valence-electron chi connectivity index (χ3n) is 3.75. The van der Waals surface area contributed by atoms with E-state index in [0.29, 0.717) is 5.75 Å². The summed E-state index contributed by atoms with van der Waals surface area (Å²) in [6.45, 7) is 1.83. The minimum absolute atomic E-state index is 0.0611. The van der Waals surface area contributed by atoms with Crippen LogP contribution in [0.15, 0.2) is 48.5 Å². The van der Waals surface area contributed by atoms with Crippen LogP contribution in [0.25, 0.3) is 0 Å². The van der Waals surface area contributed by atoms with E-state index in [1.54, 1.807) is 55.5 Å². The van der Waals surface area contributed by atoms with E-state index in [0.717, 1.165) is 11.3 Å². The Labute approximate surface area is 135 Å². The fraction of sp³-hybridized carbons (Fsp3) is 0.278. The molecule has 1 amide bonds. The van der Waals surface area contributed by atoms with E-state index in [1.165, 1.54) is 12.1 Å². The standard InChI is InChI=1S/C18H20FNO3/c1-13(14-4-6-15(19)7-5-14)20(2)18(21)12-23-17-10-8-16(22-3)9-11-17/h4-11,13H,12H2,1-3H3. The molecule has 0 heterocycles. The first-order valence-corrected chi connectivity index (χ1v) is 7.29. The molecule has 2 aromatic rings. The number of methoxy groups -OCH3 is 1. The molecule has 0 radical (unpaired) electrons. The van der Waals surface area contributed by atoms with E-state index in [4.69, 9.17) is 9.47 Å². The second-order valence-corrected chi connectivity index (χ2v) is 5.20. The zero-order valence-electron chi connectivity index (χ0n) is 13.5. The smallest absolute Gasteiger partial charge is 0.260 e. The van der Waals surface area contributed by atoms with Crippen LogP contribution < -0.4 is 9.47 Å². The molecule has 0 bridgehead atoms. The van der Waals surface area contributed by atoms with Crippen molar-refractivity contribution in [1.29, 1.82) is 0 Å². The van der Waals surface area contributed by atoms with Gasteiger partial charge in [-0.2, -0.15) is 0 Å². The SMILES string of the molecule is COc1ccc(OCC(=O)N(C)C(C)c2ccc(F)cc2)cc1. The lowest BCUT2D eigenvalue weighted by Gasteiger charge is -2.25. The minimum Gasteiger partial charge on any atom is -0.497 e. The summed E-state index contributed by atoms with van der Waals surface area (Å²) in [6, 6.07) is 13.0. The van der Waals surface area contributed by atoms with Gasteiger partial charge in [-0.15, -0.1) is 0 Å². The second kappa shape index (κ2) is 7.63. The number of halogens is 1. The van der Waals surface area contributed by atoms with Gasteiger partial charge in [-0.1, -0.05) is 12.1 Å². The quantitative estimate of drug-likeness (QED) is 0.819. The van der Waals surface area contributed by atoms with Crippen LogP contribution in [0.1, 0.15) is 18.5 Å². The van der Waals surface area contributed by atoms with Gasteiger partial charge in [0, 0.05) is 7.05 Å². The van der Waals surface area contributed by atoms with Crippen molar-refractivity contribution in [2.24, 2.45) is 0 Å². The van der Waals surface area contributed by atoms with Crippen LogP contribution in [-0.4, -0.2) is 31.6 Å². The summed E-state index contributed by atoms with van der Waals surface area (Å²) >= 11 is 0. The lowest BCUT2D eigenvalue weighted by atomic mass is 10.1. The molecule has 5 heteroatoms. The van der Waals surface area contributed by atoms with E-state index in [2.05, 4.69) is 0 Å². The molecule has 23 heavy (non-hydrogen) atoms. The third-order valence-corrected chi connectivity index (χ3v) is 3.75. The first-order chi connectivity index (χ1) is 11.0. The number of hydrogen-bond acceptors (Lipinski definition) is 3. The summed E-state index contributed by atoms with van der Waals surface area (Å²) in [4.78, 5) is 13.8. The predicted octanol–water partition coefficient (Wildman–Crippen LogP) is 3.43. The Kier molecular flexibility index (Phi) is 5.57. The highest BCUT2D eigenvalue weighted by atomic mass is 19.1. The molecule has 0 aromatic heterocycles. The molecule has 2 rings (SSSR count). The lowest BCUT2D eigenvalue weighted by Crippen LogP contribution is -2.33. The van der Waals surface area contributed by atoms with Crippen molar-refractivity contribution in [1.82, 2.24) is 4.90 Å². The minimum atomic E-state index is -0.294. The summed E-state index contributed by atoms with van der Waals surface area (Å²) in [5.74, 6) is 0.878. The van der Waals surface area contributed by atoms with Gasteiger partial charge in [0.2, 0.25) is 0 Å². The second-order valence-electron chi connectivity index (χ2n) is 5.20. The van der Waals surface area contributed by atoms with Crippen LogP contribution in [-0.2, 0) is 4.79 Å². The Morgan fingerprint density at radius 3 is 2.22 bits per heavy atom. The number of carbonyl (C=O) groups is 1. The maximum Gasteiger partial charge on any atom is 0.260 e. The Hall–Kier alpha value is -2.56. The van der Waals surface area contributed by atoms with Crippen molar-refractivity contribution in [2.75, 3.05) is 20.8 Å². The number of rotatable bonds is 6. The van der Waals surface area contributed by atoms with E-state index < -0.39 is 0 Å². The summed E-state index contributed by atoms with van der Waals surface area (Å²) < 4.78 is 23.5. The van der Waals surface area contributed by atoms with E-state index in [1.807, 2.05) is 6.92 Å². The topological polar surface area (TPSA) is 38.8 Å². The molecule has 0 fully saturated rings. The van der Waals surface area contributed by atoms with Gasteiger partial charge in [0.05, 0.1) is 13.2 Å². The van der Waals surface area contributed by atoms with Crippen LogP contribution in [0.5, 0.6) is 11.5 Å². The van der Waals surface area contributed by atoms with Crippen molar-refractivity contribution in [2.45, 2.75) is 13.0 Å². The largest absolute Gasteiger partial charge is 0.497 e. The fourth-order valence-corrected chi connectivity index (χ4v) is 2.10. The Morgan fingerprint density at radius 1 is 1.09 bits per heavy atom. The van der Waals surface area contributed by atoms with Gasteiger partial charge >= 0.3 is 0 Å². The average molecular weight is 317 g/mol. The first-order valence-electron chi connectivity index (χ1n) is 7.29. The zero-order chi connectivity index (χ0) is 16.8. The van der Waals surface area contributed by atoms with Gasteiger partial charge in [0.1, 0.15) is 17.3 Å². The van der Waals surface area contributed by atoms with Gasteiger partial charge in [0.15, 0.2) is 6.61 Å². The van der Waals surface area contributed by atoms with E-state index >= 15 is 0 Å². The summed E-state index contributed by atoms with van der Waals surface area (Å²) in [5.41, 5.74) is 0.867. The molecule has 1 unspecified atom stereocenters. The summed E-state index contributed by atoms with van der Waals surface area (Å²) in [6.07, 6.45) is 0. The molecule has 0 N–H and O–H groups in total. The molecule has 0 aliphatic heterocycles. The Bertz CT molecular complexity index is 640. The number of nitrogens with zero attached hydrogens (tertiary/aromatic N) is 1. The van der Waals surface area contributed by atoms with Gasteiger partial charge in [-0.25, -0.2) is 4.39 Å². The highest BCUT2D eigenvalue weighted by Crippen LogP contribution is 2.20. The summed E-state index contributed by atoms with van der Waals surface area (Å²) in [5, 5.41) is 0. The summed E-state index contributed by atoms with van der Waals surface area (Å²) in [7, 11) is 3.29. The maximum absolute atomic E-state index is 13.0. The Balaban J connectivity index is 1.92. The van der Waals surface area contributed by atoms with Crippen molar-refractivity contribution >= 4 is 5.91 Å². The third kappa shape index (κ3) is 4.45. The molecule has 0 aliphatic carbocycles. The number of ether oxygens (including phenoxy) is 2. The van der Waals surface area contributed by atoms with Crippen LogP contribution in [0.2, 0.25) is 0 Å². The average Bonchev–Trinajstić information content (AvgIpc) is 2.59. The highest BCUT2D eigenvalue weighted by molar-refractivity contribution is 5.78. The van der Waals surface area contributed by atoms with Crippen molar-refractivity contribution in [3.05, 3.63) is 59.9 Å². The van der Waals surface area contributed by atoms with Gasteiger partial charge in [0.25, 0.3) is 5.91 Å². The van der Waals surface area contributed by atoms with Crippen molar-refractivity contribution in [3.63, 3.8) is 0 Å². The molecule has 0 spiro atoms. The first kappa shape index (κ1) is 16.8. The van der Waals surface area contributed by atoms with Gasteiger partial charge in [-0.3, -0.25) is 4.79 Å².